The number of aryl methyl sites for hydroxylation is 1. The van der Waals surface area contributed by atoms with Gasteiger partial charge in [0.05, 0.1) is 11.9 Å². The Bertz CT molecular complexity index is 1350. The number of carbonyl (C=O) groups is 2. The molecular weight excluding hydrogens is 517 g/mol. The number of nitrogens with one attached hydrogen (secondary N) is 1. The van der Waals surface area contributed by atoms with Gasteiger partial charge in [0, 0.05) is 25.0 Å². The summed E-state index contributed by atoms with van der Waals surface area (Å²) in [6.45, 7) is 1.20. The van der Waals surface area contributed by atoms with E-state index in [4.69, 9.17) is 11.6 Å². The number of rotatable bonds is 10. The summed E-state index contributed by atoms with van der Waals surface area (Å²) < 4.78 is 39.9. The van der Waals surface area contributed by atoms with Crippen molar-refractivity contribution in [2.45, 2.75) is 25.9 Å². The zero-order valence-corrected chi connectivity index (χ0v) is 22.4. The highest BCUT2D eigenvalue weighted by Crippen LogP contribution is 2.25. The maximum atomic E-state index is 13.8. The first-order valence-electron chi connectivity index (χ1n) is 11.5. The van der Waals surface area contributed by atoms with Gasteiger partial charge in [-0.15, -0.1) is 0 Å². The van der Waals surface area contributed by atoms with E-state index in [1.807, 2.05) is 30.3 Å². The Kier molecular flexibility index (Phi) is 9.29. The molecule has 0 saturated heterocycles. The van der Waals surface area contributed by atoms with E-state index in [-0.39, 0.29) is 18.7 Å². The van der Waals surface area contributed by atoms with Crippen LogP contribution in [-0.4, -0.2) is 51.0 Å². The third-order valence-electron chi connectivity index (χ3n) is 5.91. The van der Waals surface area contributed by atoms with E-state index in [9.17, 15) is 22.4 Å². The number of halogens is 2. The van der Waals surface area contributed by atoms with Gasteiger partial charge < -0.3 is 10.2 Å². The fraction of sp³-hybridized carbons (Fsp3) is 0.259. The van der Waals surface area contributed by atoms with Crippen molar-refractivity contribution in [2.75, 3.05) is 24.2 Å². The summed E-state index contributed by atoms with van der Waals surface area (Å²) in [5.41, 5.74) is 2.39. The molecule has 0 spiro atoms. The molecular formula is C27H29ClFN3O4S. The van der Waals surface area contributed by atoms with Crippen LogP contribution in [0.25, 0.3) is 0 Å². The monoisotopic (exact) mass is 545 g/mol. The van der Waals surface area contributed by atoms with Gasteiger partial charge in [0.1, 0.15) is 18.4 Å². The molecule has 196 valence electrons. The van der Waals surface area contributed by atoms with Crippen molar-refractivity contribution in [1.29, 1.82) is 0 Å². The summed E-state index contributed by atoms with van der Waals surface area (Å²) in [5, 5.41) is 2.96. The van der Waals surface area contributed by atoms with Gasteiger partial charge in [-0.2, -0.15) is 0 Å². The minimum Gasteiger partial charge on any atom is -0.357 e. The molecule has 10 heteroatoms. The molecule has 0 radical (unpaired) electrons. The van der Waals surface area contributed by atoms with Gasteiger partial charge in [-0.25, -0.2) is 12.8 Å². The molecule has 0 bridgehead atoms. The molecule has 2 amide bonds. The lowest BCUT2D eigenvalue weighted by Crippen LogP contribution is -2.52. The van der Waals surface area contributed by atoms with E-state index in [1.54, 1.807) is 19.1 Å². The number of carbonyl (C=O) groups excluding carboxylic acids is 2. The molecule has 0 aliphatic heterocycles. The molecule has 1 atom stereocenters. The second-order valence-electron chi connectivity index (χ2n) is 8.67. The maximum Gasteiger partial charge on any atom is 0.244 e. The Balaban J connectivity index is 2.03. The largest absolute Gasteiger partial charge is 0.357 e. The Hall–Kier alpha value is -3.43. The molecule has 3 rings (SSSR count). The predicted octanol–water partition coefficient (Wildman–Crippen LogP) is 3.94. The minimum atomic E-state index is -3.89. The van der Waals surface area contributed by atoms with Crippen LogP contribution < -0.4 is 9.62 Å². The van der Waals surface area contributed by atoms with Crippen LogP contribution in [0.4, 0.5) is 10.1 Å². The molecule has 0 fully saturated rings. The van der Waals surface area contributed by atoms with Crippen molar-refractivity contribution < 1.29 is 22.4 Å². The Morgan fingerprint density at radius 2 is 1.65 bits per heavy atom. The van der Waals surface area contributed by atoms with Crippen LogP contribution >= 0.6 is 11.6 Å². The summed E-state index contributed by atoms with van der Waals surface area (Å²) in [7, 11) is -2.42. The quantitative estimate of drug-likeness (QED) is 0.418. The second-order valence-corrected chi connectivity index (χ2v) is 11.0. The van der Waals surface area contributed by atoms with E-state index in [2.05, 4.69) is 5.32 Å². The number of sulfonamides is 1. The summed E-state index contributed by atoms with van der Waals surface area (Å²) in [4.78, 5) is 28.1. The van der Waals surface area contributed by atoms with Gasteiger partial charge in [0.15, 0.2) is 0 Å². The van der Waals surface area contributed by atoms with Crippen LogP contribution in [0.2, 0.25) is 5.02 Å². The van der Waals surface area contributed by atoms with E-state index in [0.29, 0.717) is 10.6 Å². The van der Waals surface area contributed by atoms with Gasteiger partial charge in [-0.05, 0) is 47.9 Å². The Morgan fingerprint density at radius 3 is 2.22 bits per heavy atom. The third-order valence-corrected chi connectivity index (χ3v) is 7.45. The maximum absolute atomic E-state index is 13.8. The molecule has 37 heavy (non-hydrogen) atoms. The van der Waals surface area contributed by atoms with Gasteiger partial charge in [-0.3, -0.25) is 13.9 Å². The fourth-order valence-electron chi connectivity index (χ4n) is 3.86. The summed E-state index contributed by atoms with van der Waals surface area (Å²) in [5.74, 6) is -1.45. The summed E-state index contributed by atoms with van der Waals surface area (Å²) >= 11 is 6.23. The Morgan fingerprint density at radius 1 is 1.00 bits per heavy atom. The first-order chi connectivity index (χ1) is 17.5. The van der Waals surface area contributed by atoms with Crippen LogP contribution in [0.1, 0.15) is 16.7 Å². The molecule has 0 aromatic heterocycles. The van der Waals surface area contributed by atoms with Crippen molar-refractivity contribution in [3.8, 4) is 0 Å². The van der Waals surface area contributed by atoms with Gasteiger partial charge in [-0.1, -0.05) is 60.1 Å². The second kappa shape index (κ2) is 12.2. The number of hydrogen-bond acceptors (Lipinski definition) is 4. The van der Waals surface area contributed by atoms with Gasteiger partial charge >= 0.3 is 0 Å². The topological polar surface area (TPSA) is 86.8 Å². The molecule has 0 aliphatic carbocycles. The van der Waals surface area contributed by atoms with Crippen LogP contribution in [0, 0.1) is 12.7 Å². The molecule has 1 N–H and O–H groups in total. The summed E-state index contributed by atoms with van der Waals surface area (Å²) in [6.07, 6.45) is 1.20. The number of hydrogen-bond donors (Lipinski definition) is 1. The van der Waals surface area contributed by atoms with E-state index >= 15 is 0 Å². The van der Waals surface area contributed by atoms with Crippen LogP contribution in [0.15, 0.2) is 72.8 Å². The highest BCUT2D eigenvalue weighted by Gasteiger charge is 2.32. The zero-order valence-electron chi connectivity index (χ0n) is 20.8. The average molecular weight is 546 g/mol. The number of amides is 2. The van der Waals surface area contributed by atoms with Crippen molar-refractivity contribution in [1.82, 2.24) is 10.2 Å². The number of nitrogens with zero attached hydrogens (tertiary/aromatic N) is 2. The molecule has 3 aromatic carbocycles. The first kappa shape index (κ1) is 28.1. The average Bonchev–Trinajstić information content (AvgIpc) is 2.87. The van der Waals surface area contributed by atoms with Gasteiger partial charge in [0.2, 0.25) is 21.8 Å². The van der Waals surface area contributed by atoms with Crippen molar-refractivity contribution in [3.05, 3.63) is 100 Å². The third kappa shape index (κ3) is 7.53. The lowest BCUT2D eigenvalue weighted by Gasteiger charge is -2.33. The predicted molar refractivity (Wildman–Crippen MR) is 143 cm³/mol. The fourth-order valence-corrected chi connectivity index (χ4v) is 4.87. The molecule has 7 nitrogen and oxygen atoms in total. The van der Waals surface area contributed by atoms with Crippen molar-refractivity contribution >= 4 is 39.1 Å². The zero-order chi connectivity index (χ0) is 27.2. The minimum absolute atomic E-state index is 0.0315. The smallest absolute Gasteiger partial charge is 0.244 e. The highest BCUT2D eigenvalue weighted by atomic mass is 35.5. The number of likely N-dealkylation sites (N-methyl/N-ethyl adjacent to an activating group) is 1. The first-order valence-corrected chi connectivity index (χ1v) is 13.8. The number of benzene rings is 3. The van der Waals surface area contributed by atoms with E-state index in [0.717, 1.165) is 21.7 Å². The molecule has 0 heterocycles. The van der Waals surface area contributed by atoms with Crippen molar-refractivity contribution in [2.24, 2.45) is 0 Å². The van der Waals surface area contributed by atoms with Crippen LogP contribution in [-0.2, 0) is 32.6 Å². The van der Waals surface area contributed by atoms with Crippen molar-refractivity contribution in [3.63, 3.8) is 0 Å². The highest BCUT2D eigenvalue weighted by molar-refractivity contribution is 7.92. The SMILES string of the molecule is CNC(=O)C(Cc1ccccc1)N(Cc1ccc(F)cc1)C(=O)CN(c1ccc(C)c(Cl)c1)S(C)(=O)=O. The van der Waals surface area contributed by atoms with Crippen LogP contribution in [0.3, 0.4) is 0 Å². The Labute approximate surface area is 221 Å². The van der Waals surface area contributed by atoms with E-state index < -0.39 is 40.2 Å². The number of anilines is 1. The standard InChI is InChI=1S/C27H29ClFN3O4S/c1-19-9-14-23(16-24(19)28)32(37(3,35)36)18-26(33)31(17-21-10-12-22(29)13-11-21)25(27(34)30-2)15-20-7-5-4-6-8-20/h4-14,16,25H,15,17-18H2,1-3H3,(H,30,34). The lowest BCUT2D eigenvalue weighted by atomic mass is 10.0. The van der Waals surface area contributed by atoms with Crippen LogP contribution in [0.5, 0.6) is 0 Å². The van der Waals surface area contributed by atoms with Gasteiger partial charge in [0.25, 0.3) is 0 Å². The summed E-state index contributed by atoms with van der Waals surface area (Å²) in [6, 6.07) is 18.5. The lowest BCUT2D eigenvalue weighted by molar-refractivity contribution is -0.139. The molecule has 1 unspecified atom stereocenters. The normalized spacial score (nSPS) is 12.0. The molecule has 0 aliphatic rings. The van der Waals surface area contributed by atoms with E-state index in [1.165, 1.54) is 42.3 Å². The molecule has 0 saturated carbocycles. The molecule has 3 aromatic rings.